The van der Waals surface area contributed by atoms with Crippen LogP contribution in [-0.4, -0.2) is 16.1 Å². The van der Waals surface area contributed by atoms with Crippen LogP contribution in [0.15, 0.2) is 66.7 Å². The first-order valence-corrected chi connectivity index (χ1v) is 8.29. The number of anilines is 1. The van der Waals surface area contributed by atoms with E-state index in [0.29, 0.717) is 5.69 Å². The van der Waals surface area contributed by atoms with E-state index < -0.39 is 11.7 Å². The van der Waals surface area contributed by atoms with Gasteiger partial charge in [0.15, 0.2) is 0 Å². The zero-order chi connectivity index (χ0) is 18.1. The first kappa shape index (κ1) is 16.3. The van der Waals surface area contributed by atoms with Gasteiger partial charge in [0.05, 0.1) is 11.4 Å². The number of nitrogens with one attached hydrogen (secondary N) is 2. The minimum Gasteiger partial charge on any atom is -0.318 e. The van der Waals surface area contributed by atoms with E-state index in [-0.39, 0.29) is 16.4 Å². The zero-order valence-electron chi connectivity index (χ0n) is 13.5. The molecule has 6 heteroatoms. The second kappa shape index (κ2) is 6.61. The molecule has 0 atom stereocenters. The molecule has 0 spiro atoms. The summed E-state index contributed by atoms with van der Waals surface area (Å²) in [7, 11) is 0. The van der Waals surface area contributed by atoms with Crippen molar-refractivity contribution in [2.24, 2.45) is 0 Å². The molecule has 0 unspecified atom stereocenters. The molecule has 0 saturated carbocycles. The number of aromatic nitrogens is 2. The Hall–Kier alpha value is -3.18. The Morgan fingerprint density at radius 3 is 2.69 bits per heavy atom. The Labute approximate surface area is 153 Å². The first-order chi connectivity index (χ1) is 12.6. The van der Waals surface area contributed by atoms with E-state index in [9.17, 15) is 9.18 Å². The topological polar surface area (TPSA) is 57.8 Å². The van der Waals surface area contributed by atoms with Crippen molar-refractivity contribution in [1.82, 2.24) is 10.2 Å². The van der Waals surface area contributed by atoms with Crippen LogP contribution < -0.4 is 5.32 Å². The largest absolute Gasteiger partial charge is 0.318 e. The van der Waals surface area contributed by atoms with Crippen molar-refractivity contribution in [1.29, 1.82) is 0 Å². The van der Waals surface area contributed by atoms with Gasteiger partial charge in [-0.05, 0) is 35.0 Å². The van der Waals surface area contributed by atoms with Gasteiger partial charge in [-0.1, -0.05) is 54.1 Å². The van der Waals surface area contributed by atoms with Crippen LogP contribution in [0.4, 0.5) is 10.1 Å². The Kier molecular flexibility index (Phi) is 4.14. The molecule has 0 radical (unpaired) electrons. The fourth-order valence-corrected chi connectivity index (χ4v) is 2.96. The van der Waals surface area contributed by atoms with Gasteiger partial charge in [-0.2, -0.15) is 5.10 Å². The predicted molar refractivity (Wildman–Crippen MR) is 101 cm³/mol. The number of carbonyl (C=O) groups is 1. The van der Waals surface area contributed by atoms with E-state index in [1.807, 2.05) is 42.5 Å². The van der Waals surface area contributed by atoms with Crippen molar-refractivity contribution in [2.75, 3.05) is 5.32 Å². The van der Waals surface area contributed by atoms with Gasteiger partial charge >= 0.3 is 0 Å². The molecular formula is C20H13ClFN3O. The average Bonchev–Trinajstić information content (AvgIpc) is 3.13. The molecule has 0 saturated heterocycles. The van der Waals surface area contributed by atoms with Crippen LogP contribution in [0, 0.1) is 5.82 Å². The van der Waals surface area contributed by atoms with Crippen molar-refractivity contribution in [3.8, 4) is 11.3 Å². The summed E-state index contributed by atoms with van der Waals surface area (Å²) in [5.41, 5.74) is 1.85. The second-order valence-electron chi connectivity index (χ2n) is 5.77. The van der Waals surface area contributed by atoms with Gasteiger partial charge in [0.25, 0.3) is 5.91 Å². The number of halogens is 2. The minimum absolute atomic E-state index is 0.0562. The summed E-state index contributed by atoms with van der Waals surface area (Å²) in [5, 5.41) is 11.8. The number of carbonyl (C=O) groups excluding carboxylic acids is 1. The number of rotatable bonds is 3. The number of H-pyrrole nitrogens is 1. The standard InChI is InChI=1S/C20H13ClFN3O/c21-13-8-9-17(16(22)10-13)23-20(26)19-11-18(24-25-19)15-7-3-5-12-4-1-2-6-14(12)15/h1-11H,(H,23,26)(H,24,25). The molecule has 26 heavy (non-hydrogen) atoms. The monoisotopic (exact) mass is 365 g/mol. The van der Waals surface area contributed by atoms with Gasteiger partial charge in [-0.15, -0.1) is 0 Å². The van der Waals surface area contributed by atoms with E-state index in [4.69, 9.17) is 11.6 Å². The lowest BCUT2D eigenvalue weighted by molar-refractivity contribution is 0.102. The summed E-state index contributed by atoms with van der Waals surface area (Å²) in [4.78, 5) is 12.4. The van der Waals surface area contributed by atoms with E-state index in [1.165, 1.54) is 12.1 Å². The lowest BCUT2D eigenvalue weighted by Gasteiger charge is -2.05. The van der Waals surface area contributed by atoms with Gasteiger partial charge in [0.1, 0.15) is 11.5 Å². The molecule has 1 heterocycles. The molecule has 1 aromatic heterocycles. The molecule has 0 fully saturated rings. The van der Waals surface area contributed by atoms with E-state index in [1.54, 1.807) is 6.07 Å². The highest BCUT2D eigenvalue weighted by Crippen LogP contribution is 2.28. The van der Waals surface area contributed by atoms with Gasteiger partial charge in [-0.3, -0.25) is 9.89 Å². The molecule has 4 nitrogen and oxygen atoms in total. The Bertz CT molecular complexity index is 1120. The molecule has 3 aromatic carbocycles. The number of nitrogens with zero attached hydrogens (tertiary/aromatic N) is 1. The van der Waals surface area contributed by atoms with Crippen LogP contribution in [0.5, 0.6) is 0 Å². The predicted octanol–water partition coefficient (Wildman–Crippen LogP) is 5.27. The number of benzene rings is 3. The van der Waals surface area contributed by atoms with Gasteiger partial charge < -0.3 is 5.32 Å². The van der Waals surface area contributed by atoms with Crippen LogP contribution in [0.3, 0.4) is 0 Å². The molecule has 2 N–H and O–H groups in total. The summed E-state index contributed by atoms with van der Waals surface area (Å²) in [5.74, 6) is -1.08. The van der Waals surface area contributed by atoms with Crippen molar-refractivity contribution >= 4 is 34.0 Å². The molecule has 0 aliphatic carbocycles. The minimum atomic E-state index is -0.598. The lowest BCUT2D eigenvalue weighted by Crippen LogP contribution is -2.13. The number of aromatic amines is 1. The Balaban J connectivity index is 1.64. The van der Waals surface area contributed by atoms with Crippen LogP contribution in [0.1, 0.15) is 10.5 Å². The normalized spacial score (nSPS) is 10.8. The van der Waals surface area contributed by atoms with Crippen LogP contribution in [0.2, 0.25) is 5.02 Å². The molecular weight excluding hydrogens is 353 g/mol. The summed E-state index contributed by atoms with van der Waals surface area (Å²) >= 11 is 5.72. The van der Waals surface area contributed by atoms with Crippen LogP contribution >= 0.6 is 11.6 Å². The lowest BCUT2D eigenvalue weighted by atomic mass is 10.0. The van der Waals surface area contributed by atoms with E-state index in [0.717, 1.165) is 22.4 Å². The summed E-state index contributed by atoms with van der Waals surface area (Å²) in [6, 6.07) is 19.6. The SMILES string of the molecule is O=C(Nc1ccc(Cl)cc1F)c1cc(-c2cccc3ccccc23)n[nH]1. The molecule has 128 valence electrons. The molecule has 0 bridgehead atoms. The fourth-order valence-electron chi connectivity index (χ4n) is 2.81. The molecule has 4 aromatic rings. The maximum Gasteiger partial charge on any atom is 0.273 e. The van der Waals surface area contributed by atoms with Gasteiger partial charge in [0.2, 0.25) is 0 Å². The fraction of sp³-hybridized carbons (Fsp3) is 0. The van der Waals surface area contributed by atoms with Gasteiger partial charge in [-0.25, -0.2) is 4.39 Å². The Morgan fingerprint density at radius 2 is 1.85 bits per heavy atom. The summed E-state index contributed by atoms with van der Waals surface area (Å²) in [6.07, 6.45) is 0. The highest BCUT2D eigenvalue weighted by atomic mass is 35.5. The van der Waals surface area contributed by atoms with Crippen molar-refractivity contribution in [3.05, 3.63) is 83.3 Å². The molecule has 0 aliphatic heterocycles. The average molecular weight is 366 g/mol. The summed E-state index contributed by atoms with van der Waals surface area (Å²) < 4.78 is 13.8. The van der Waals surface area contributed by atoms with Crippen molar-refractivity contribution < 1.29 is 9.18 Å². The van der Waals surface area contributed by atoms with Crippen molar-refractivity contribution in [2.45, 2.75) is 0 Å². The third-order valence-corrected chi connectivity index (χ3v) is 4.30. The molecule has 4 rings (SSSR count). The first-order valence-electron chi connectivity index (χ1n) is 7.92. The van der Waals surface area contributed by atoms with Crippen LogP contribution in [0.25, 0.3) is 22.0 Å². The highest BCUT2D eigenvalue weighted by molar-refractivity contribution is 6.30. The zero-order valence-corrected chi connectivity index (χ0v) is 14.2. The number of amides is 1. The quantitative estimate of drug-likeness (QED) is 0.519. The summed E-state index contributed by atoms with van der Waals surface area (Å²) in [6.45, 7) is 0. The van der Waals surface area contributed by atoms with E-state index in [2.05, 4.69) is 15.5 Å². The smallest absolute Gasteiger partial charge is 0.273 e. The maximum atomic E-state index is 13.8. The van der Waals surface area contributed by atoms with Crippen molar-refractivity contribution in [3.63, 3.8) is 0 Å². The Morgan fingerprint density at radius 1 is 1.04 bits per heavy atom. The molecule has 1 amide bonds. The number of fused-ring (bicyclic) bond motifs is 1. The van der Waals surface area contributed by atoms with E-state index >= 15 is 0 Å². The van der Waals surface area contributed by atoms with Gasteiger partial charge in [0, 0.05) is 10.6 Å². The molecule has 0 aliphatic rings. The third kappa shape index (κ3) is 3.05. The highest BCUT2D eigenvalue weighted by Gasteiger charge is 2.14. The number of hydrogen-bond donors (Lipinski definition) is 2. The second-order valence-corrected chi connectivity index (χ2v) is 6.21. The maximum absolute atomic E-state index is 13.8. The third-order valence-electron chi connectivity index (χ3n) is 4.07. The van der Waals surface area contributed by atoms with Crippen LogP contribution in [-0.2, 0) is 0 Å². The number of hydrogen-bond acceptors (Lipinski definition) is 2.